The van der Waals surface area contributed by atoms with Gasteiger partial charge in [-0.2, -0.15) is 31.4 Å². The number of methoxy groups -OCH3 is 1. The zero-order valence-corrected chi connectivity index (χ0v) is 16.9. The standard InChI is InChI=1S/C20H16F6N4O3/c1-33-18(32)12-9-14-11(10-30(29-14)7-3-6-19(21,22)23)8-15(12)28-17(31)13-4-2-5-16(27-13)20(24,25)26/h2,4-5,8-10H,3,6-7H2,1H3,(H,28,31). The molecule has 7 nitrogen and oxygen atoms in total. The van der Waals surface area contributed by atoms with E-state index in [0.717, 1.165) is 19.2 Å². The summed E-state index contributed by atoms with van der Waals surface area (Å²) in [6, 6.07) is 5.37. The fraction of sp³-hybridized carbons (Fsp3) is 0.300. The van der Waals surface area contributed by atoms with Gasteiger partial charge in [0.2, 0.25) is 0 Å². The van der Waals surface area contributed by atoms with Crippen molar-refractivity contribution in [2.75, 3.05) is 12.4 Å². The minimum absolute atomic E-state index is 0.0441. The molecule has 0 saturated heterocycles. The van der Waals surface area contributed by atoms with Crippen LogP contribution in [0, 0.1) is 0 Å². The molecule has 1 aromatic carbocycles. The topological polar surface area (TPSA) is 86.1 Å². The number of ether oxygens (including phenoxy) is 1. The molecule has 0 fully saturated rings. The van der Waals surface area contributed by atoms with E-state index in [-0.39, 0.29) is 29.7 Å². The quantitative estimate of drug-likeness (QED) is 0.409. The number of halogens is 6. The number of benzene rings is 1. The lowest BCUT2D eigenvalue weighted by molar-refractivity contribution is -0.141. The smallest absolute Gasteiger partial charge is 0.433 e. The Morgan fingerprint density at radius 2 is 1.85 bits per heavy atom. The van der Waals surface area contributed by atoms with Gasteiger partial charge in [-0.1, -0.05) is 6.07 Å². The first-order valence-corrected chi connectivity index (χ1v) is 9.39. The monoisotopic (exact) mass is 474 g/mol. The number of esters is 1. The number of fused-ring (bicyclic) bond motifs is 1. The molecule has 0 radical (unpaired) electrons. The van der Waals surface area contributed by atoms with Crippen molar-refractivity contribution in [3.63, 3.8) is 0 Å². The summed E-state index contributed by atoms with van der Waals surface area (Å²) in [6.45, 7) is -0.0441. The van der Waals surface area contributed by atoms with Crippen molar-refractivity contribution in [2.45, 2.75) is 31.7 Å². The van der Waals surface area contributed by atoms with Crippen molar-refractivity contribution in [2.24, 2.45) is 0 Å². The van der Waals surface area contributed by atoms with Crippen LogP contribution >= 0.6 is 0 Å². The van der Waals surface area contributed by atoms with E-state index in [9.17, 15) is 35.9 Å². The Bertz CT molecular complexity index is 1190. The Morgan fingerprint density at radius 1 is 1.12 bits per heavy atom. The van der Waals surface area contributed by atoms with Crippen LogP contribution in [0.4, 0.5) is 32.0 Å². The molecule has 0 unspecified atom stereocenters. The van der Waals surface area contributed by atoms with Gasteiger partial charge in [0.25, 0.3) is 5.91 Å². The second-order valence-electron chi connectivity index (χ2n) is 6.92. The molecular weight excluding hydrogens is 458 g/mol. The number of carbonyl (C=O) groups is 2. The number of rotatable bonds is 6. The molecule has 1 amide bonds. The molecular formula is C20H16F6N4O3. The van der Waals surface area contributed by atoms with Crippen molar-refractivity contribution in [1.82, 2.24) is 14.8 Å². The first kappa shape index (κ1) is 24.0. The minimum Gasteiger partial charge on any atom is -0.465 e. The van der Waals surface area contributed by atoms with Crippen LogP contribution in [-0.4, -0.2) is 39.9 Å². The van der Waals surface area contributed by atoms with Crippen LogP contribution in [0.25, 0.3) is 10.9 Å². The Balaban J connectivity index is 1.90. The van der Waals surface area contributed by atoms with E-state index in [2.05, 4.69) is 20.1 Å². The Hall–Kier alpha value is -3.64. The van der Waals surface area contributed by atoms with Gasteiger partial charge in [-0.3, -0.25) is 9.48 Å². The molecule has 1 N–H and O–H groups in total. The summed E-state index contributed by atoms with van der Waals surface area (Å²) >= 11 is 0. The van der Waals surface area contributed by atoms with E-state index >= 15 is 0 Å². The third-order valence-corrected chi connectivity index (χ3v) is 4.46. The van der Waals surface area contributed by atoms with Crippen molar-refractivity contribution >= 4 is 28.5 Å². The van der Waals surface area contributed by atoms with E-state index in [0.29, 0.717) is 11.5 Å². The van der Waals surface area contributed by atoms with Crippen molar-refractivity contribution in [1.29, 1.82) is 0 Å². The van der Waals surface area contributed by atoms with Gasteiger partial charge >= 0.3 is 18.3 Å². The summed E-state index contributed by atoms with van der Waals surface area (Å²) in [5, 5.41) is 6.82. The predicted molar refractivity (Wildman–Crippen MR) is 104 cm³/mol. The maximum absolute atomic E-state index is 12.9. The summed E-state index contributed by atoms with van der Waals surface area (Å²) in [4.78, 5) is 28.0. The molecule has 0 aliphatic rings. The Morgan fingerprint density at radius 3 is 2.48 bits per heavy atom. The summed E-state index contributed by atoms with van der Waals surface area (Å²) in [5.41, 5.74) is -1.79. The second kappa shape index (κ2) is 9.08. The second-order valence-corrected chi connectivity index (χ2v) is 6.92. The lowest BCUT2D eigenvalue weighted by Gasteiger charge is -2.11. The SMILES string of the molecule is COC(=O)c1cc2nn(CCCC(F)(F)F)cc2cc1NC(=O)c1cccc(C(F)(F)F)n1. The molecule has 0 bridgehead atoms. The van der Waals surface area contributed by atoms with Crippen molar-refractivity contribution in [3.05, 3.63) is 53.5 Å². The maximum Gasteiger partial charge on any atom is 0.433 e. The molecule has 0 aliphatic carbocycles. The van der Waals surface area contributed by atoms with Gasteiger partial charge in [-0.15, -0.1) is 0 Å². The zero-order valence-electron chi connectivity index (χ0n) is 16.9. The molecule has 33 heavy (non-hydrogen) atoms. The highest BCUT2D eigenvalue weighted by atomic mass is 19.4. The van der Waals surface area contributed by atoms with Gasteiger partial charge in [0.15, 0.2) is 0 Å². The number of pyridine rings is 1. The van der Waals surface area contributed by atoms with Gasteiger partial charge in [-0.25, -0.2) is 9.78 Å². The number of amides is 1. The number of alkyl halides is 6. The molecule has 2 aromatic heterocycles. The fourth-order valence-corrected chi connectivity index (χ4v) is 2.97. The molecule has 13 heteroatoms. The van der Waals surface area contributed by atoms with E-state index < -0.39 is 42.0 Å². The minimum atomic E-state index is -4.76. The van der Waals surface area contributed by atoms with Gasteiger partial charge in [-0.05, 0) is 30.7 Å². The normalized spacial score (nSPS) is 12.1. The number of hydrogen-bond acceptors (Lipinski definition) is 5. The first-order valence-electron chi connectivity index (χ1n) is 9.39. The fourth-order valence-electron chi connectivity index (χ4n) is 2.97. The number of hydrogen-bond donors (Lipinski definition) is 1. The lowest BCUT2D eigenvalue weighted by Crippen LogP contribution is -2.18. The maximum atomic E-state index is 12.9. The first-order chi connectivity index (χ1) is 15.4. The van der Waals surface area contributed by atoms with E-state index in [1.807, 2.05) is 0 Å². The third-order valence-electron chi connectivity index (χ3n) is 4.46. The molecule has 176 valence electrons. The summed E-state index contributed by atoms with van der Waals surface area (Å²) in [5.74, 6) is -1.88. The van der Waals surface area contributed by atoms with E-state index in [1.54, 1.807) is 0 Å². The molecule has 0 atom stereocenters. The third kappa shape index (κ3) is 5.99. The largest absolute Gasteiger partial charge is 0.465 e. The van der Waals surface area contributed by atoms with Crippen LogP contribution in [0.3, 0.4) is 0 Å². The number of anilines is 1. The predicted octanol–water partition coefficient (Wildman–Crippen LogP) is 4.83. The van der Waals surface area contributed by atoms with Crippen LogP contribution in [0.2, 0.25) is 0 Å². The van der Waals surface area contributed by atoms with E-state index in [1.165, 1.54) is 23.0 Å². The summed E-state index contributed by atoms with van der Waals surface area (Å²) in [7, 11) is 1.09. The highest BCUT2D eigenvalue weighted by Gasteiger charge is 2.33. The van der Waals surface area contributed by atoms with Crippen molar-refractivity contribution in [3.8, 4) is 0 Å². The summed E-state index contributed by atoms with van der Waals surface area (Å²) < 4.78 is 81.6. The molecule has 2 heterocycles. The number of nitrogens with one attached hydrogen (secondary N) is 1. The average molecular weight is 474 g/mol. The van der Waals surface area contributed by atoms with Crippen molar-refractivity contribution < 1.29 is 40.7 Å². The Labute approximate surface area is 182 Å². The van der Waals surface area contributed by atoms with Crippen LogP contribution in [-0.2, 0) is 17.5 Å². The average Bonchev–Trinajstić information content (AvgIpc) is 3.12. The van der Waals surface area contributed by atoms with Crippen LogP contribution in [0.15, 0.2) is 36.5 Å². The van der Waals surface area contributed by atoms with Crippen LogP contribution in [0.5, 0.6) is 0 Å². The van der Waals surface area contributed by atoms with Crippen LogP contribution in [0.1, 0.15) is 39.4 Å². The summed E-state index contributed by atoms with van der Waals surface area (Å²) in [6.07, 6.45) is -8.86. The van der Waals surface area contributed by atoms with E-state index in [4.69, 9.17) is 0 Å². The molecule has 0 saturated carbocycles. The van der Waals surface area contributed by atoms with Gasteiger partial charge < -0.3 is 10.1 Å². The highest BCUT2D eigenvalue weighted by Crippen LogP contribution is 2.28. The number of aryl methyl sites for hydroxylation is 1. The van der Waals surface area contributed by atoms with Crippen LogP contribution < -0.4 is 5.32 Å². The highest BCUT2D eigenvalue weighted by molar-refractivity contribution is 6.09. The molecule has 0 spiro atoms. The number of carbonyl (C=O) groups excluding carboxylic acids is 2. The molecule has 3 rings (SSSR count). The Kier molecular flexibility index (Phi) is 6.60. The number of nitrogens with zero attached hydrogens (tertiary/aromatic N) is 3. The van der Waals surface area contributed by atoms with Gasteiger partial charge in [0.1, 0.15) is 11.4 Å². The zero-order chi connectivity index (χ0) is 24.4. The molecule has 3 aromatic rings. The lowest BCUT2D eigenvalue weighted by atomic mass is 10.1. The van der Waals surface area contributed by atoms with Gasteiger partial charge in [0, 0.05) is 24.5 Å². The van der Waals surface area contributed by atoms with Gasteiger partial charge in [0.05, 0.1) is 23.9 Å². The molecule has 0 aliphatic heterocycles. The number of aromatic nitrogens is 3.